The molecule has 0 saturated carbocycles. The second-order valence-corrected chi connectivity index (χ2v) is 4.94. The number of hydrogen-bond acceptors (Lipinski definition) is 1. The summed E-state index contributed by atoms with van der Waals surface area (Å²) in [5, 5.41) is 3.23. The van der Waals surface area contributed by atoms with Gasteiger partial charge in [-0.25, -0.2) is 4.39 Å². The highest BCUT2D eigenvalue weighted by molar-refractivity contribution is 5.20. The van der Waals surface area contributed by atoms with E-state index in [1.54, 1.807) is 12.1 Å². The molecule has 2 heteroatoms. The average molecular weight is 237 g/mol. The predicted molar refractivity (Wildman–Crippen MR) is 71.8 cm³/mol. The van der Waals surface area contributed by atoms with Gasteiger partial charge in [-0.1, -0.05) is 38.8 Å². The highest BCUT2D eigenvalue weighted by atomic mass is 19.1. The van der Waals surface area contributed by atoms with E-state index in [2.05, 4.69) is 19.2 Å². The molecule has 0 aliphatic heterocycles. The average Bonchev–Trinajstić information content (AvgIpc) is 2.30. The molecule has 0 aromatic heterocycles. The maximum absolute atomic E-state index is 12.9. The molecule has 0 aliphatic rings. The van der Waals surface area contributed by atoms with Crippen LogP contribution in [0, 0.1) is 11.7 Å². The molecule has 0 heterocycles. The van der Waals surface area contributed by atoms with Gasteiger partial charge in [0.25, 0.3) is 0 Å². The van der Waals surface area contributed by atoms with Crippen molar-refractivity contribution in [1.82, 2.24) is 5.32 Å². The van der Waals surface area contributed by atoms with E-state index in [0.717, 1.165) is 12.5 Å². The lowest BCUT2D eigenvalue weighted by Gasteiger charge is -2.21. The normalized spacial score (nSPS) is 14.6. The third-order valence-corrected chi connectivity index (χ3v) is 3.26. The van der Waals surface area contributed by atoms with E-state index in [9.17, 15) is 4.39 Å². The summed E-state index contributed by atoms with van der Waals surface area (Å²) in [6.07, 6.45) is 3.67. The molecule has 17 heavy (non-hydrogen) atoms. The molecular formula is C15H24FN. The predicted octanol–water partition coefficient (Wildman–Crippen LogP) is 3.96. The second-order valence-electron chi connectivity index (χ2n) is 4.94. The van der Waals surface area contributed by atoms with Gasteiger partial charge < -0.3 is 5.32 Å². The van der Waals surface area contributed by atoms with Crippen molar-refractivity contribution in [2.24, 2.45) is 5.92 Å². The summed E-state index contributed by atoms with van der Waals surface area (Å²) in [6.45, 7) is 5.48. The van der Waals surface area contributed by atoms with Gasteiger partial charge in [-0.2, -0.15) is 0 Å². The fourth-order valence-electron chi connectivity index (χ4n) is 2.41. The van der Waals surface area contributed by atoms with E-state index in [1.807, 2.05) is 19.2 Å². The Bertz CT molecular complexity index is 307. The van der Waals surface area contributed by atoms with Crippen LogP contribution in [0.3, 0.4) is 0 Å². The fourth-order valence-corrected chi connectivity index (χ4v) is 2.41. The Morgan fingerprint density at radius 1 is 1.24 bits per heavy atom. The van der Waals surface area contributed by atoms with Crippen molar-refractivity contribution in [2.45, 2.75) is 39.0 Å². The molecule has 1 rings (SSSR count). The molecule has 2 unspecified atom stereocenters. The van der Waals surface area contributed by atoms with Crippen LogP contribution >= 0.6 is 0 Å². The molecule has 1 N–H and O–H groups in total. The Morgan fingerprint density at radius 2 is 1.88 bits per heavy atom. The van der Waals surface area contributed by atoms with Gasteiger partial charge in [-0.15, -0.1) is 0 Å². The van der Waals surface area contributed by atoms with Gasteiger partial charge in [0, 0.05) is 6.54 Å². The number of rotatable bonds is 7. The minimum Gasteiger partial charge on any atom is -0.319 e. The lowest BCUT2D eigenvalue weighted by molar-refractivity contribution is 0.426. The van der Waals surface area contributed by atoms with Crippen molar-refractivity contribution in [3.05, 3.63) is 35.6 Å². The van der Waals surface area contributed by atoms with E-state index in [1.165, 1.54) is 24.8 Å². The lowest BCUT2D eigenvalue weighted by Crippen LogP contribution is -2.19. The van der Waals surface area contributed by atoms with E-state index >= 15 is 0 Å². The van der Waals surface area contributed by atoms with Crippen molar-refractivity contribution in [3.8, 4) is 0 Å². The number of hydrogen-bond donors (Lipinski definition) is 1. The first-order chi connectivity index (χ1) is 8.17. The maximum atomic E-state index is 12.9. The minimum atomic E-state index is -0.154. The van der Waals surface area contributed by atoms with Gasteiger partial charge in [-0.3, -0.25) is 0 Å². The number of benzene rings is 1. The van der Waals surface area contributed by atoms with Crippen LogP contribution in [0.5, 0.6) is 0 Å². The molecule has 2 atom stereocenters. The van der Waals surface area contributed by atoms with Crippen LogP contribution < -0.4 is 5.32 Å². The Labute approximate surface area is 104 Å². The van der Waals surface area contributed by atoms with Crippen LogP contribution in [0.1, 0.15) is 44.6 Å². The molecule has 96 valence electrons. The van der Waals surface area contributed by atoms with Gasteiger partial charge >= 0.3 is 0 Å². The van der Waals surface area contributed by atoms with Crippen LogP contribution in [-0.2, 0) is 0 Å². The van der Waals surface area contributed by atoms with Crippen LogP contribution in [0.2, 0.25) is 0 Å². The third kappa shape index (κ3) is 4.86. The van der Waals surface area contributed by atoms with Crippen LogP contribution in [-0.4, -0.2) is 13.6 Å². The first kappa shape index (κ1) is 14.2. The van der Waals surface area contributed by atoms with Gasteiger partial charge in [-0.05, 0) is 43.0 Å². The van der Waals surface area contributed by atoms with Crippen molar-refractivity contribution in [3.63, 3.8) is 0 Å². The Morgan fingerprint density at radius 3 is 2.41 bits per heavy atom. The molecule has 0 saturated heterocycles. The first-order valence-corrected chi connectivity index (χ1v) is 6.57. The van der Waals surface area contributed by atoms with Crippen LogP contribution in [0.15, 0.2) is 24.3 Å². The van der Waals surface area contributed by atoms with Crippen molar-refractivity contribution in [2.75, 3.05) is 13.6 Å². The smallest absolute Gasteiger partial charge is 0.123 e. The molecule has 1 aromatic rings. The Kier molecular flexibility index (Phi) is 6.20. The van der Waals surface area contributed by atoms with Gasteiger partial charge in [0.1, 0.15) is 5.82 Å². The molecule has 0 amide bonds. The molecular weight excluding hydrogens is 213 g/mol. The zero-order valence-electron chi connectivity index (χ0n) is 11.2. The fraction of sp³-hybridized carbons (Fsp3) is 0.600. The molecule has 0 spiro atoms. The molecule has 0 fully saturated rings. The number of likely N-dealkylation sites (N-methyl/N-ethyl adjacent to an activating group) is 1. The topological polar surface area (TPSA) is 12.0 Å². The summed E-state index contributed by atoms with van der Waals surface area (Å²) in [5.41, 5.74) is 1.24. The molecule has 0 radical (unpaired) electrons. The SMILES string of the molecule is CCCC(C)CC(CNC)c1ccc(F)cc1. The third-order valence-electron chi connectivity index (χ3n) is 3.26. The molecule has 0 aliphatic carbocycles. The van der Waals surface area contributed by atoms with E-state index in [4.69, 9.17) is 0 Å². The zero-order valence-corrected chi connectivity index (χ0v) is 11.2. The zero-order chi connectivity index (χ0) is 12.7. The minimum absolute atomic E-state index is 0.154. The van der Waals surface area contributed by atoms with Gasteiger partial charge in [0.15, 0.2) is 0 Å². The summed E-state index contributed by atoms with van der Waals surface area (Å²) in [5.74, 6) is 1.06. The van der Waals surface area contributed by atoms with Crippen molar-refractivity contribution >= 4 is 0 Å². The van der Waals surface area contributed by atoms with Gasteiger partial charge in [0.2, 0.25) is 0 Å². The summed E-state index contributed by atoms with van der Waals surface area (Å²) < 4.78 is 12.9. The van der Waals surface area contributed by atoms with Crippen LogP contribution in [0.4, 0.5) is 4.39 Å². The van der Waals surface area contributed by atoms with E-state index < -0.39 is 0 Å². The first-order valence-electron chi connectivity index (χ1n) is 6.57. The molecule has 0 bridgehead atoms. The van der Waals surface area contributed by atoms with Crippen molar-refractivity contribution in [1.29, 1.82) is 0 Å². The van der Waals surface area contributed by atoms with E-state index in [-0.39, 0.29) is 5.82 Å². The van der Waals surface area contributed by atoms with Crippen LogP contribution in [0.25, 0.3) is 0 Å². The summed E-state index contributed by atoms with van der Waals surface area (Å²) in [4.78, 5) is 0. The highest BCUT2D eigenvalue weighted by Gasteiger charge is 2.14. The lowest BCUT2D eigenvalue weighted by atomic mass is 9.87. The summed E-state index contributed by atoms with van der Waals surface area (Å²) in [7, 11) is 1.97. The van der Waals surface area contributed by atoms with Gasteiger partial charge in [0.05, 0.1) is 0 Å². The highest BCUT2D eigenvalue weighted by Crippen LogP contribution is 2.25. The Hall–Kier alpha value is -0.890. The number of nitrogens with one attached hydrogen (secondary N) is 1. The summed E-state index contributed by atoms with van der Waals surface area (Å²) in [6, 6.07) is 6.94. The summed E-state index contributed by atoms with van der Waals surface area (Å²) >= 11 is 0. The monoisotopic (exact) mass is 237 g/mol. The molecule has 1 aromatic carbocycles. The number of halogens is 1. The Balaban J connectivity index is 2.67. The van der Waals surface area contributed by atoms with E-state index in [0.29, 0.717) is 5.92 Å². The standard InChI is InChI=1S/C15H24FN/c1-4-5-12(2)10-14(11-17-3)13-6-8-15(16)9-7-13/h6-9,12,14,17H,4-5,10-11H2,1-3H3. The maximum Gasteiger partial charge on any atom is 0.123 e. The van der Waals surface area contributed by atoms with Crippen molar-refractivity contribution < 1.29 is 4.39 Å². The second kappa shape index (κ2) is 7.44. The molecule has 1 nitrogen and oxygen atoms in total. The quantitative estimate of drug-likeness (QED) is 0.757. The largest absolute Gasteiger partial charge is 0.319 e.